The van der Waals surface area contributed by atoms with Crippen LogP contribution in [0.2, 0.25) is 0 Å². The van der Waals surface area contributed by atoms with Crippen molar-refractivity contribution in [3.05, 3.63) is 59.7 Å². The minimum atomic E-state index is 0.572. The molecule has 0 bridgehead atoms. The third-order valence-electron chi connectivity index (χ3n) is 2.21. The number of rotatable bonds is 2. The van der Waals surface area contributed by atoms with Crippen LogP contribution < -0.4 is 5.32 Å². The molecule has 0 saturated heterocycles. The highest BCUT2D eigenvalue weighted by molar-refractivity contribution is 5.53. The van der Waals surface area contributed by atoms with Gasteiger partial charge in [-0.3, -0.25) is 0 Å². The lowest BCUT2D eigenvalue weighted by Gasteiger charge is -2.03. The van der Waals surface area contributed by atoms with Gasteiger partial charge in [-0.1, -0.05) is 12.1 Å². The predicted molar refractivity (Wildman–Crippen MR) is 63.8 cm³/mol. The summed E-state index contributed by atoms with van der Waals surface area (Å²) in [5, 5.41) is 21.9. The number of benzene rings is 2. The smallest absolute Gasteiger partial charge is 0.0992 e. The quantitative estimate of drug-likeness (QED) is 0.777. The molecule has 0 amide bonds. The Labute approximate surface area is 99.6 Å². The molecule has 3 heteroatoms. The van der Waals surface area contributed by atoms with Crippen molar-refractivity contribution in [3.63, 3.8) is 0 Å². The molecule has 0 atom stereocenters. The molecular formula is C14H8N3. The minimum Gasteiger partial charge on any atom is -0.249 e. The van der Waals surface area contributed by atoms with Crippen LogP contribution in [0.4, 0.5) is 11.4 Å². The van der Waals surface area contributed by atoms with Gasteiger partial charge in [0, 0.05) is 0 Å². The number of nitrogens with zero attached hydrogens (tertiary/aromatic N) is 3. The van der Waals surface area contributed by atoms with Crippen LogP contribution in [0.15, 0.2) is 48.5 Å². The van der Waals surface area contributed by atoms with E-state index in [1.54, 1.807) is 36.4 Å². The van der Waals surface area contributed by atoms with E-state index in [4.69, 9.17) is 10.5 Å². The average molecular weight is 218 g/mol. The lowest BCUT2D eigenvalue weighted by Crippen LogP contribution is -1.89. The van der Waals surface area contributed by atoms with Crippen molar-refractivity contribution in [3.8, 4) is 12.1 Å². The zero-order valence-corrected chi connectivity index (χ0v) is 8.96. The van der Waals surface area contributed by atoms with Gasteiger partial charge in [-0.15, -0.1) is 0 Å². The third kappa shape index (κ3) is 2.62. The molecule has 0 spiro atoms. The van der Waals surface area contributed by atoms with Gasteiger partial charge in [0.05, 0.1) is 34.6 Å². The van der Waals surface area contributed by atoms with Crippen molar-refractivity contribution in [2.75, 3.05) is 0 Å². The first-order chi connectivity index (χ1) is 8.31. The van der Waals surface area contributed by atoms with Crippen molar-refractivity contribution in [2.45, 2.75) is 0 Å². The highest BCUT2D eigenvalue weighted by atomic mass is 14.9. The zero-order valence-electron chi connectivity index (χ0n) is 8.96. The summed E-state index contributed by atoms with van der Waals surface area (Å²) in [6.45, 7) is 0. The minimum absolute atomic E-state index is 0.572. The summed E-state index contributed by atoms with van der Waals surface area (Å²) in [5.74, 6) is 0. The standard InChI is InChI=1S/C14H8N3/c15-9-11-3-1-5-13(7-11)17-14-6-2-4-12(8-14)10-16/h1-8H. The van der Waals surface area contributed by atoms with E-state index < -0.39 is 0 Å². The normalized spacial score (nSPS) is 9.06. The zero-order chi connectivity index (χ0) is 12.1. The van der Waals surface area contributed by atoms with E-state index in [-0.39, 0.29) is 0 Å². The summed E-state index contributed by atoms with van der Waals surface area (Å²) >= 11 is 0. The van der Waals surface area contributed by atoms with Crippen LogP contribution in [-0.4, -0.2) is 0 Å². The molecule has 0 aliphatic heterocycles. The largest absolute Gasteiger partial charge is 0.249 e. The summed E-state index contributed by atoms with van der Waals surface area (Å²) in [4.78, 5) is 0. The summed E-state index contributed by atoms with van der Waals surface area (Å²) in [6, 6.07) is 18.2. The SMILES string of the molecule is N#Cc1cccc([N]c2cccc(C#N)c2)c1. The van der Waals surface area contributed by atoms with E-state index in [1.807, 2.05) is 12.1 Å². The van der Waals surface area contributed by atoms with Crippen LogP contribution in [0, 0.1) is 22.7 Å². The lowest BCUT2D eigenvalue weighted by atomic mass is 10.2. The van der Waals surface area contributed by atoms with Crippen molar-refractivity contribution >= 4 is 11.4 Å². The molecule has 1 radical (unpaired) electrons. The van der Waals surface area contributed by atoms with Crippen molar-refractivity contribution in [1.82, 2.24) is 5.32 Å². The van der Waals surface area contributed by atoms with Crippen molar-refractivity contribution in [2.24, 2.45) is 0 Å². The van der Waals surface area contributed by atoms with E-state index in [0.717, 1.165) is 0 Å². The van der Waals surface area contributed by atoms with Crippen molar-refractivity contribution in [1.29, 1.82) is 10.5 Å². The van der Waals surface area contributed by atoms with Gasteiger partial charge >= 0.3 is 0 Å². The molecule has 2 rings (SSSR count). The lowest BCUT2D eigenvalue weighted by molar-refractivity contribution is 1.18. The Hall–Kier alpha value is -2.78. The highest BCUT2D eigenvalue weighted by Gasteiger charge is 1.99. The van der Waals surface area contributed by atoms with Gasteiger partial charge in [0.2, 0.25) is 0 Å². The van der Waals surface area contributed by atoms with Crippen LogP contribution in [-0.2, 0) is 0 Å². The van der Waals surface area contributed by atoms with Gasteiger partial charge in [-0.2, -0.15) is 10.5 Å². The highest BCUT2D eigenvalue weighted by Crippen LogP contribution is 2.18. The second-order valence-electron chi connectivity index (χ2n) is 3.44. The van der Waals surface area contributed by atoms with E-state index >= 15 is 0 Å². The summed E-state index contributed by atoms with van der Waals surface area (Å²) in [7, 11) is 0. The molecule has 0 heterocycles. The van der Waals surface area contributed by atoms with E-state index in [1.165, 1.54) is 0 Å². The maximum atomic E-state index is 8.78. The Balaban J connectivity index is 2.26. The molecule has 2 aromatic rings. The van der Waals surface area contributed by atoms with E-state index in [2.05, 4.69) is 17.5 Å². The maximum Gasteiger partial charge on any atom is 0.0992 e. The molecule has 0 aliphatic carbocycles. The molecule has 3 nitrogen and oxygen atoms in total. The number of nitriles is 2. The van der Waals surface area contributed by atoms with Crippen LogP contribution in [0.25, 0.3) is 0 Å². The molecule has 0 aromatic heterocycles. The van der Waals surface area contributed by atoms with Crippen LogP contribution >= 0.6 is 0 Å². The van der Waals surface area contributed by atoms with Gasteiger partial charge in [0.15, 0.2) is 0 Å². The molecule has 79 valence electrons. The molecule has 0 unspecified atom stereocenters. The summed E-state index contributed by atoms with van der Waals surface area (Å²) < 4.78 is 0. The fraction of sp³-hybridized carbons (Fsp3) is 0. The van der Waals surface area contributed by atoms with Crippen molar-refractivity contribution < 1.29 is 0 Å². The van der Waals surface area contributed by atoms with Gasteiger partial charge in [0.25, 0.3) is 0 Å². The first-order valence-corrected chi connectivity index (χ1v) is 5.04. The molecule has 0 fully saturated rings. The van der Waals surface area contributed by atoms with E-state index in [9.17, 15) is 0 Å². The van der Waals surface area contributed by atoms with Gasteiger partial charge in [-0.05, 0) is 36.4 Å². The van der Waals surface area contributed by atoms with Crippen LogP contribution in [0.3, 0.4) is 0 Å². The van der Waals surface area contributed by atoms with Crippen LogP contribution in [0.5, 0.6) is 0 Å². The fourth-order valence-corrected chi connectivity index (χ4v) is 1.44. The Morgan fingerprint density at radius 3 is 1.65 bits per heavy atom. The Morgan fingerprint density at radius 2 is 1.24 bits per heavy atom. The van der Waals surface area contributed by atoms with Gasteiger partial charge < -0.3 is 0 Å². The fourth-order valence-electron chi connectivity index (χ4n) is 1.44. The predicted octanol–water partition coefficient (Wildman–Crippen LogP) is 3.00. The molecule has 17 heavy (non-hydrogen) atoms. The molecular weight excluding hydrogens is 210 g/mol. The molecule has 0 N–H and O–H groups in total. The van der Waals surface area contributed by atoms with Gasteiger partial charge in [0.1, 0.15) is 0 Å². The van der Waals surface area contributed by atoms with Crippen LogP contribution in [0.1, 0.15) is 11.1 Å². The summed E-state index contributed by atoms with van der Waals surface area (Å²) in [6.07, 6.45) is 0. The Bertz CT molecular complexity index is 562. The second kappa shape index (κ2) is 4.83. The van der Waals surface area contributed by atoms with Gasteiger partial charge in [-0.25, -0.2) is 5.32 Å². The second-order valence-corrected chi connectivity index (χ2v) is 3.44. The first kappa shape index (κ1) is 10.7. The number of hydrogen-bond donors (Lipinski definition) is 0. The first-order valence-electron chi connectivity index (χ1n) is 5.04. The maximum absolute atomic E-state index is 8.78. The molecule has 0 aliphatic rings. The monoisotopic (exact) mass is 218 g/mol. The molecule has 0 saturated carbocycles. The summed E-state index contributed by atoms with van der Waals surface area (Å²) in [5.41, 5.74) is 2.56. The molecule has 2 aromatic carbocycles. The topological polar surface area (TPSA) is 61.7 Å². The number of hydrogen-bond acceptors (Lipinski definition) is 2. The van der Waals surface area contributed by atoms with E-state index in [0.29, 0.717) is 22.5 Å². The Kier molecular flexibility index (Phi) is 3.05. The average Bonchev–Trinajstić information content (AvgIpc) is 2.39. The third-order valence-corrected chi connectivity index (χ3v) is 2.21. The Morgan fingerprint density at radius 1 is 0.765 bits per heavy atom.